The summed E-state index contributed by atoms with van der Waals surface area (Å²) in [5, 5.41) is 1.32. The van der Waals surface area contributed by atoms with E-state index in [9.17, 15) is 9.59 Å². The van der Waals surface area contributed by atoms with Crippen LogP contribution in [-0.2, 0) is 11.3 Å². The summed E-state index contributed by atoms with van der Waals surface area (Å²) in [6.07, 6.45) is 2.42. The molecule has 1 aliphatic carbocycles. The van der Waals surface area contributed by atoms with Crippen LogP contribution in [0.1, 0.15) is 19.8 Å². The van der Waals surface area contributed by atoms with Gasteiger partial charge in [0.2, 0.25) is 5.91 Å². The van der Waals surface area contributed by atoms with Crippen molar-refractivity contribution in [2.75, 3.05) is 7.05 Å². The Hall–Kier alpha value is -2.62. The monoisotopic (exact) mass is 334 g/mol. The molecule has 0 saturated heterocycles. The first-order chi connectivity index (χ1) is 12.1. The first-order valence-electron chi connectivity index (χ1n) is 8.84. The van der Waals surface area contributed by atoms with E-state index in [1.54, 1.807) is 0 Å². The standard InChI is InChI=1S/C21H22N2O2/c1-14(15-11-12-15)22(2)20(24)13-23-18-9-5-3-7-16(18)21(25)17-8-4-6-10-19(17)23/h3-10,14-15H,11-13H2,1-2H3/t14-/m0/s1. The normalized spacial score (nSPS) is 15.4. The van der Waals surface area contributed by atoms with E-state index in [1.807, 2.05) is 65.0 Å². The lowest BCUT2D eigenvalue weighted by molar-refractivity contribution is -0.132. The fraction of sp³-hybridized carbons (Fsp3) is 0.333. The number of rotatable bonds is 4. The molecule has 4 nitrogen and oxygen atoms in total. The van der Waals surface area contributed by atoms with Crippen molar-refractivity contribution in [2.45, 2.75) is 32.4 Å². The molecule has 1 aliphatic rings. The lowest BCUT2D eigenvalue weighted by atomic mass is 10.1. The zero-order valence-electron chi connectivity index (χ0n) is 14.6. The molecule has 128 valence electrons. The van der Waals surface area contributed by atoms with Crippen LogP contribution in [0.25, 0.3) is 21.8 Å². The van der Waals surface area contributed by atoms with Crippen molar-refractivity contribution in [1.82, 2.24) is 9.47 Å². The second-order valence-corrected chi connectivity index (χ2v) is 7.03. The van der Waals surface area contributed by atoms with Gasteiger partial charge in [-0.15, -0.1) is 0 Å². The lowest BCUT2D eigenvalue weighted by Gasteiger charge is -2.26. The van der Waals surface area contributed by atoms with Crippen LogP contribution in [0.4, 0.5) is 0 Å². The van der Waals surface area contributed by atoms with E-state index in [0.717, 1.165) is 11.0 Å². The number of hydrogen-bond donors (Lipinski definition) is 0. The molecule has 4 rings (SSSR count). The largest absolute Gasteiger partial charge is 0.341 e. The van der Waals surface area contributed by atoms with Crippen LogP contribution >= 0.6 is 0 Å². The third kappa shape index (κ3) is 2.72. The number of amides is 1. The summed E-state index contributed by atoms with van der Waals surface area (Å²) in [6.45, 7) is 2.37. The third-order valence-corrected chi connectivity index (χ3v) is 5.48. The fourth-order valence-electron chi connectivity index (χ4n) is 3.62. The number of para-hydroxylation sites is 2. The Morgan fingerprint density at radius 1 is 1.08 bits per heavy atom. The Morgan fingerprint density at radius 3 is 2.12 bits per heavy atom. The van der Waals surface area contributed by atoms with Gasteiger partial charge in [-0.2, -0.15) is 0 Å². The van der Waals surface area contributed by atoms with Gasteiger partial charge in [0.25, 0.3) is 0 Å². The molecule has 0 spiro atoms. The van der Waals surface area contributed by atoms with Gasteiger partial charge in [-0.25, -0.2) is 0 Å². The van der Waals surface area contributed by atoms with Crippen LogP contribution in [-0.4, -0.2) is 28.5 Å². The second kappa shape index (κ2) is 6.03. The molecule has 0 radical (unpaired) electrons. The zero-order chi connectivity index (χ0) is 17.6. The van der Waals surface area contributed by atoms with Crippen molar-refractivity contribution in [1.29, 1.82) is 0 Å². The molecular formula is C21H22N2O2. The summed E-state index contributed by atoms with van der Waals surface area (Å²) in [7, 11) is 1.89. The Bertz CT molecular complexity index is 957. The van der Waals surface area contributed by atoms with Crippen molar-refractivity contribution in [3.8, 4) is 0 Å². The molecule has 1 heterocycles. The van der Waals surface area contributed by atoms with Crippen molar-refractivity contribution in [3.05, 3.63) is 58.8 Å². The predicted molar refractivity (Wildman–Crippen MR) is 101 cm³/mol. The maximum Gasteiger partial charge on any atom is 0.242 e. The molecule has 3 aromatic rings. The summed E-state index contributed by atoms with van der Waals surface area (Å²) < 4.78 is 1.98. The molecule has 1 amide bonds. The highest BCUT2D eigenvalue weighted by Crippen LogP contribution is 2.34. The number of benzene rings is 2. The van der Waals surface area contributed by atoms with Crippen LogP contribution in [0.2, 0.25) is 0 Å². The molecule has 0 aliphatic heterocycles. The topological polar surface area (TPSA) is 42.3 Å². The number of aromatic nitrogens is 1. The van der Waals surface area contributed by atoms with Crippen LogP contribution < -0.4 is 5.43 Å². The van der Waals surface area contributed by atoms with Gasteiger partial charge >= 0.3 is 0 Å². The molecule has 2 aromatic carbocycles. The van der Waals surface area contributed by atoms with Crippen molar-refractivity contribution >= 4 is 27.7 Å². The van der Waals surface area contributed by atoms with Gasteiger partial charge in [0.1, 0.15) is 6.54 Å². The average molecular weight is 334 g/mol. The number of carbonyl (C=O) groups is 1. The average Bonchev–Trinajstić information content (AvgIpc) is 3.49. The van der Waals surface area contributed by atoms with E-state index in [2.05, 4.69) is 6.92 Å². The Balaban J connectivity index is 1.83. The lowest BCUT2D eigenvalue weighted by Crippen LogP contribution is -2.38. The maximum absolute atomic E-state index is 12.9. The minimum Gasteiger partial charge on any atom is -0.341 e. The number of fused-ring (bicyclic) bond motifs is 2. The van der Waals surface area contributed by atoms with E-state index in [-0.39, 0.29) is 23.9 Å². The van der Waals surface area contributed by atoms with Gasteiger partial charge < -0.3 is 9.47 Å². The van der Waals surface area contributed by atoms with Crippen LogP contribution in [0.5, 0.6) is 0 Å². The molecule has 1 aromatic heterocycles. The number of likely N-dealkylation sites (N-methyl/N-ethyl adjacent to an activating group) is 1. The van der Waals surface area contributed by atoms with Gasteiger partial charge in [-0.1, -0.05) is 24.3 Å². The fourth-order valence-corrected chi connectivity index (χ4v) is 3.62. The molecule has 1 atom stereocenters. The van der Waals surface area contributed by atoms with E-state index in [4.69, 9.17) is 0 Å². The molecular weight excluding hydrogens is 312 g/mol. The quantitative estimate of drug-likeness (QED) is 0.686. The highest BCUT2D eigenvalue weighted by molar-refractivity contribution is 5.94. The first kappa shape index (κ1) is 15.9. The van der Waals surface area contributed by atoms with Gasteiger partial charge in [0, 0.05) is 23.9 Å². The summed E-state index contributed by atoms with van der Waals surface area (Å²) >= 11 is 0. The number of carbonyl (C=O) groups excluding carboxylic acids is 1. The maximum atomic E-state index is 12.9. The second-order valence-electron chi connectivity index (χ2n) is 7.03. The van der Waals surface area contributed by atoms with E-state index in [1.165, 1.54) is 12.8 Å². The van der Waals surface area contributed by atoms with E-state index in [0.29, 0.717) is 16.7 Å². The highest BCUT2D eigenvalue weighted by Gasteiger charge is 2.32. The minimum absolute atomic E-state index is 0.0228. The minimum atomic E-state index is 0.0228. The molecule has 0 unspecified atom stereocenters. The van der Waals surface area contributed by atoms with E-state index < -0.39 is 0 Å². The Labute approximate surface area is 146 Å². The van der Waals surface area contributed by atoms with Gasteiger partial charge in [-0.3, -0.25) is 9.59 Å². The van der Waals surface area contributed by atoms with Gasteiger partial charge in [0.15, 0.2) is 5.43 Å². The van der Waals surface area contributed by atoms with Gasteiger partial charge in [-0.05, 0) is 49.9 Å². The molecule has 0 bridgehead atoms. The highest BCUT2D eigenvalue weighted by atomic mass is 16.2. The molecule has 1 saturated carbocycles. The summed E-state index contributed by atoms with van der Waals surface area (Å²) in [4.78, 5) is 27.5. The number of nitrogens with zero attached hydrogens (tertiary/aromatic N) is 2. The van der Waals surface area contributed by atoms with Crippen LogP contribution in [0.3, 0.4) is 0 Å². The SMILES string of the molecule is C[C@@H](C1CC1)N(C)C(=O)Cn1c2ccccc2c(=O)c2ccccc21. The summed E-state index contributed by atoms with van der Waals surface area (Å²) in [5.41, 5.74) is 1.65. The predicted octanol–water partition coefficient (Wildman–Crippen LogP) is 3.41. The number of hydrogen-bond acceptors (Lipinski definition) is 2. The summed E-state index contributed by atoms with van der Waals surface area (Å²) in [6, 6.07) is 15.3. The summed E-state index contributed by atoms with van der Waals surface area (Å²) in [5.74, 6) is 0.717. The van der Waals surface area contributed by atoms with Crippen molar-refractivity contribution < 1.29 is 4.79 Å². The van der Waals surface area contributed by atoms with E-state index >= 15 is 0 Å². The van der Waals surface area contributed by atoms with Gasteiger partial charge in [0.05, 0.1) is 11.0 Å². The molecule has 1 fully saturated rings. The smallest absolute Gasteiger partial charge is 0.242 e. The zero-order valence-corrected chi connectivity index (χ0v) is 14.6. The van der Waals surface area contributed by atoms with Crippen molar-refractivity contribution in [2.24, 2.45) is 5.92 Å². The van der Waals surface area contributed by atoms with Crippen LogP contribution in [0, 0.1) is 5.92 Å². The molecule has 25 heavy (non-hydrogen) atoms. The first-order valence-corrected chi connectivity index (χ1v) is 8.84. The van der Waals surface area contributed by atoms with Crippen molar-refractivity contribution in [3.63, 3.8) is 0 Å². The Morgan fingerprint density at radius 2 is 1.60 bits per heavy atom. The Kier molecular flexibility index (Phi) is 3.83. The van der Waals surface area contributed by atoms with Crippen LogP contribution in [0.15, 0.2) is 53.3 Å². The molecule has 0 N–H and O–H groups in total. The molecule has 4 heteroatoms. The third-order valence-electron chi connectivity index (χ3n) is 5.48. The number of pyridine rings is 1.